The summed E-state index contributed by atoms with van der Waals surface area (Å²) in [5.74, 6) is 3.55. The van der Waals surface area contributed by atoms with Crippen molar-refractivity contribution in [2.45, 2.75) is 5.41 Å². The van der Waals surface area contributed by atoms with Crippen molar-refractivity contribution in [1.29, 1.82) is 0 Å². The van der Waals surface area contributed by atoms with Gasteiger partial charge in [-0.05, 0) is 96.9 Å². The zero-order chi connectivity index (χ0) is 30.0. The largest absolute Gasteiger partial charge is 0.458 e. The Morgan fingerprint density at radius 3 is 1.57 bits per heavy atom. The van der Waals surface area contributed by atoms with Crippen LogP contribution in [-0.2, 0) is 5.41 Å². The van der Waals surface area contributed by atoms with Crippen molar-refractivity contribution < 1.29 is 9.47 Å². The van der Waals surface area contributed by atoms with Crippen LogP contribution in [0.25, 0.3) is 33.4 Å². The number of hydrogen-bond donors (Lipinski definition) is 0. The highest BCUT2D eigenvalue weighted by atomic mass is 16.5. The van der Waals surface area contributed by atoms with Crippen molar-refractivity contribution in [3.63, 3.8) is 0 Å². The predicted octanol–water partition coefficient (Wildman–Crippen LogP) is 8.42. The van der Waals surface area contributed by atoms with Crippen molar-refractivity contribution in [3.8, 4) is 56.4 Å². The maximum atomic E-state index is 6.65. The van der Waals surface area contributed by atoms with Crippen molar-refractivity contribution in [2.75, 3.05) is 0 Å². The molecule has 0 fully saturated rings. The van der Waals surface area contributed by atoms with Crippen LogP contribution in [0.2, 0.25) is 0 Å². The summed E-state index contributed by atoms with van der Waals surface area (Å²) < 4.78 is 13.0. The van der Waals surface area contributed by atoms with Crippen molar-refractivity contribution in [3.05, 3.63) is 174 Å². The van der Waals surface area contributed by atoms with Gasteiger partial charge < -0.3 is 9.47 Å². The van der Waals surface area contributed by atoms with Crippen LogP contribution in [-0.4, -0.2) is 6.71 Å². The molecule has 7 aromatic rings. The lowest BCUT2D eigenvalue weighted by Gasteiger charge is -2.33. The topological polar surface area (TPSA) is 18.5 Å². The Morgan fingerprint density at radius 2 is 0.870 bits per heavy atom. The van der Waals surface area contributed by atoms with Crippen LogP contribution in [0.1, 0.15) is 22.3 Å². The summed E-state index contributed by atoms with van der Waals surface area (Å²) in [6.45, 7) is 0.0678. The summed E-state index contributed by atoms with van der Waals surface area (Å²) in [6.07, 6.45) is 0. The van der Waals surface area contributed by atoms with Crippen LogP contribution >= 0.6 is 0 Å². The fourth-order valence-electron chi connectivity index (χ4n) is 8.83. The predicted molar refractivity (Wildman–Crippen MR) is 186 cm³/mol. The quantitative estimate of drug-likeness (QED) is 0.180. The summed E-state index contributed by atoms with van der Waals surface area (Å²) in [6, 6.07) is 55.2. The first-order chi connectivity index (χ1) is 22.8. The third kappa shape index (κ3) is 2.94. The number of hydrogen-bond acceptors (Lipinski definition) is 2. The van der Waals surface area contributed by atoms with Crippen LogP contribution < -0.4 is 25.9 Å². The first-order valence-electron chi connectivity index (χ1n) is 16.0. The zero-order valence-corrected chi connectivity index (χ0v) is 24.8. The van der Waals surface area contributed by atoms with E-state index >= 15 is 0 Å². The molecule has 0 aromatic heterocycles. The molecule has 0 radical (unpaired) electrons. The van der Waals surface area contributed by atoms with Crippen molar-refractivity contribution >= 4 is 23.1 Å². The molecule has 11 rings (SSSR count). The second-order valence-corrected chi connectivity index (χ2v) is 12.7. The molecule has 212 valence electrons. The van der Waals surface area contributed by atoms with Crippen molar-refractivity contribution in [1.82, 2.24) is 0 Å². The van der Waals surface area contributed by atoms with Crippen LogP contribution in [0.15, 0.2) is 152 Å². The van der Waals surface area contributed by atoms with Crippen LogP contribution in [0.5, 0.6) is 23.0 Å². The van der Waals surface area contributed by atoms with E-state index in [9.17, 15) is 0 Å². The van der Waals surface area contributed by atoms with E-state index in [0.29, 0.717) is 0 Å². The molecule has 0 atom stereocenters. The Morgan fingerprint density at radius 1 is 0.370 bits per heavy atom. The average molecular weight is 584 g/mol. The molecule has 3 heteroatoms. The number of benzene rings is 7. The molecule has 46 heavy (non-hydrogen) atoms. The maximum Gasteiger partial charge on any atom is 0.260 e. The molecule has 2 aliphatic carbocycles. The van der Waals surface area contributed by atoms with E-state index in [0.717, 1.165) is 34.0 Å². The van der Waals surface area contributed by atoms with Gasteiger partial charge in [0.1, 0.15) is 23.0 Å². The Balaban J connectivity index is 1.12. The summed E-state index contributed by atoms with van der Waals surface area (Å²) >= 11 is 0. The molecular formula is C43H25BO2. The number of para-hydroxylation sites is 1. The fraction of sp³-hybridized carbons (Fsp3) is 0.0233. The maximum absolute atomic E-state index is 6.65. The molecule has 0 amide bonds. The van der Waals surface area contributed by atoms with Gasteiger partial charge in [0.05, 0.1) is 5.41 Å². The van der Waals surface area contributed by atoms with Crippen LogP contribution in [0, 0.1) is 0 Å². The molecule has 0 unspecified atom stereocenters. The lowest BCUT2D eigenvalue weighted by Crippen LogP contribution is -2.57. The second-order valence-electron chi connectivity index (χ2n) is 12.7. The van der Waals surface area contributed by atoms with E-state index in [1.54, 1.807) is 0 Å². The molecular weight excluding hydrogens is 559 g/mol. The van der Waals surface area contributed by atoms with E-state index in [4.69, 9.17) is 9.47 Å². The Hall–Kier alpha value is -5.80. The molecule has 0 N–H and O–H groups in total. The van der Waals surface area contributed by atoms with Gasteiger partial charge >= 0.3 is 0 Å². The number of rotatable bonds is 1. The highest BCUT2D eigenvalue weighted by molar-refractivity contribution is 6.98. The molecule has 2 aliphatic heterocycles. The van der Waals surface area contributed by atoms with E-state index in [2.05, 4.69) is 133 Å². The summed E-state index contributed by atoms with van der Waals surface area (Å²) in [7, 11) is 0. The second kappa shape index (κ2) is 8.68. The van der Waals surface area contributed by atoms with Gasteiger partial charge in [0, 0.05) is 5.46 Å². The van der Waals surface area contributed by atoms with Crippen LogP contribution in [0.4, 0.5) is 0 Å². The van der Waals surface area contributed by atoms with E-state index < -0.39 is 0 Å². The van der Waals surface area contributed by atoms with Gasteiger partial charge in [0.25, 0.3) is 6.71 Å². The molecule has 1 spiro atoms. The lowest BCUT2D eigenvalue weighted by molar-refractivity contribution is 0.464. The third-order valence-corrected chi connectivity index (χ3v) is 10.6. The van der Waals surface area contributed by atoms with Crippen molar-refractivity contribution in [2.24, 2.45) is 0 Å². The Kier molecular flexibility index (Phi) is 4.63. The first-order valence-corrected chi connectivity index (χ1v) is 16.0. The third-order valence-electron chi connectivity index (χ3n) is 10.6. The minimum atomic E-state index is -0.360. The van der Waals surface area contributed by atoms with Gasteiger partial charge in [0.2, 0.25) is 0 Å². The summed E-state index contributed by atoms with van der Waals surface area (Å²) in [4.78, 5) is 0. The monoisotopic (exact) mass is 584 g/mol. The van der Waals surface area contributed by atoms with Gasteiger partial charge in [-0.3, -0.25) is 0 Å². The van der Waals surface area contributed by atoms with E-state index in [-0.39, 0.29) is 12.1 Å². The molecule has 2 heterocycles. The van der Waals surface area contributed by atoms with E-state index in [1.165, 1.54) is 61.0 Å². The zero-order valence-electron chi connectivity index (χ0n) is 24.8. The summed E-state index contributed by atoms with van der Waals surface area (Å²) in [5.41, 5.74) is 16.1. The fourth-order valence-corrected chi connectivity index (χ4v) is 8.83. The van der Waals surface area contributed by atoms with Gasteiger partial charge in [0.15, 0.2) is 0 Å². The molecule has 7 aromatic carbocycles. The SMILES string of the molecule is c1ccc2c(c1)Oc1cccc3c1B2c1ccc(-c2ccc4c(c2)C2(c5ccccc5-c5ccccc52)c2ccccc2-4)cc1O3. The minimum Gasteiger partial charge on any atom is -0.458 e. The first kappa shape index (κ1) is 24.5. The highest BCUT2D eigenvalue weighted by Gasteiger charge is 2.51. The molecule has 0 saturated heterocycles. The number of fused-ring (bicyclic) bond motifs is 14. The standard InChI is InChI=1S/C43H25BO2/c1-4-13-32-28(10-1)29-11-2-5-14-33(29)43(32)34-15-6-3-12-30(34)31-22-20-26(24-35(31)43)27-21-23-37-41(25-27)46-40-19-9-18-39-42(40)44(37)36-16-7-8-17-38(36)45-39/h1-25H. The van der Waals surface area contributed by atoms with Gasteiger partial charge in [-0.15, -0.1) is 0 Å². The van der Waals surface area contributed by atoms with Gasteiger partial charge in [-0.1, -0.05) is 121 Å². The molecule has 4 aliphatic rings. The normalized spacial score (nSPS) is 14.6. The summed E-state index contributed by atoms with van der Waals surface area (Å²) in [5, 5.41) is 0. The molecule has 0 bridgehead atoms. The van der Waals surface area contributed by atoms with Gasteiger partial charge in [-0.25, -0.2) is 0 Å². The minimum absolute atomic E-state index is 0.0678. The molecule has 0 saturated carbocycles. The Labute approximate surface area is 267 Å². The smallest absolute Gasteiger partial charge is 0.260 e. The van der Waals surface area contributed by atoms with Gasteiger partial charge in [-0.2, -0.15) is 0 Å². The Bertz CT molecular complexity index is 2390. The highest BCUT2D eigenvalue weighted by Crippen LogP contribution is 2.63. The average Bonchev–Trinajstić information content (AvgIpc) is 3.58. The van der Waals surface area contributed by atoms with E-state index in [1.807, 2.05) is 18.2 Å². The lowest BCUT2D eigenvalue weighted by atomic mass is 9.35. The molecule has 2 nitrogen and oxygen atoms in total. The van der Waals surface area contributed by atoms with Crippen LogP contribution in [0.3, 0.4) is 0 Å². The number of ether oxygens (including phenoxy) is 2.